The molecule has 0 saturated carbocycles. The van der Waals surface area contributed by atoms with Crippen molar-refractivity contribution in [3.05, 3.63) is 131 Å². The van der Waals surface area contributed by atoms with E-state index in [1.807, 2.05) is 24.3 Å². The third-order valence-corrected chi connectivity index (χ3v) is 7.41. The van der Waals surface area contributed by atoms with Crippen LogP contribution in [0.25, 0.3) is 6.08 Å². The van der Waals surface area contributed by atoms with Crippen molar-refractivity contribution in [2.45, 2.75) is 30.8 Å². The van der Waals surface area contributed by atoms with E-state index in [0.717, 1.165) is 23.3 Å². The van der Waals surface area contributed by atoms with Gasteiger partial charge in [0, 0.05) is 21.8 Å². The highest BCUT2D eigenvalue weighted by Gasteiger charge is 2.30. The minimum atomic E-state index is -4.50. The molecule has 226 valence electrons. The SMILES string of the molecule is CC(C)c1ccc(/C=C(\NC(=O)c2ccccc2)C(=O)Nc2ccc(SCC(=O)Nc3cccc(C(F)(F)F)c3)cc2)cc1. The molecule has 0 aromatic heterocycles. The van der Waals surface area contributed by atoms with E-state index in [1.165, 1.54) is 23.9 Å². The van der Waals surface area contributed by atoms with Gasteiger partial charge in [-0.25, -0.2) is 0 Å². The molecule has 6 nitrogen and oxygen atoms in total. The lowest BCUT2D eigenvalue weighted by molar-refractivity contribution is -0.137. The Balaban J connectivity index is 1.40. The number of amides is 3. The molecule has 0 aliphatic carbocycles. The number of thioether (sulfide) groups is 1. The second-order valence-corrected chi connectivity index (χ2v) is 11.1. The molecule has 0 heterocycles. The predicted molar refractivity (Wildman–Crippen MR) is 168 cm³/mol. The molecule has 10 heteroatoms. The predicted octanol–water partition coefficient (Wildman–Crippen LogP) is 7.97. The van der Waals surface area contributed by atoms with Crippen LogP contribution in [0.1, 0.15) is 46.8 Å². The molecular formula is C34H30F3N3O3S. The minimum absolute atomic E-state index is 0.0318. The largest absolute Gasteiger partial charge is 0.416 e. The Morgan fingerprint density at radius 2 is 1.48 bits per heavy atom. The van der Waals surface area contributed by atoms with E-state index < -0.39 is 29.5 Å². The summed E-state index contributed by atoms with van der Waals surface area (Å²) in [7, 11) is 0. The molecular weight excluding hydrogens is 587 g/mol. The van der Waals surface area contributed by atoms with E-state index in [1.54, 1.807) is 60.7 Å². The van der Waals surface area contributed by atoms with Crippen molar-refractivity contribution in [1.29, 1.82) is 0 Å². The zero-order valence-electron chi connectivity index (χ0n) is 23.9. The lowest BCUT2D eigenvalue weighted by Gasteiger charge is -2.12. The van der Waals surface area contributed by atoms with E-state index in [9.17, 15) is 27.6 Å². The summed E-state index contributed by atoms with van der Waals surface area (Å²) in [6.07, 6.45) is -2.90. The van der Waals surface area contributed by atoms with Gasteiger partial charge in [-0.1, -0.05) is 62.4 Å². The summed E-state index contributed by atoms with van der Waals surface area (Å²) >= 11 is 1.19. The maximum atomic E-state index is 13.3. The zero-order valence-corrected chi connectivity index (χ0v) is 24.8. The van der Waals surface area contributed by atoms with Crippen LogP contribution in [0.15, 0.2) is 114 Å². The highest BCUT2D eigenvalue weighted by atomic mass is 32.2. The molecule has 0 saturated heterocycles. The quantitative estimate of drug-likeness (QED) is 0.124. The molecule has 0 bridgehead atoms. The second kappa shape index (κ2) is 14.6. The maximum absolute atomic E-state index is 13.3. The summed E-state index contributed by atoms with van der Waals surface area (Å²) in [5.41, 5.74) is 2.02. The summed E-state index contributed by atoms with van der Waals surface area (Å²) in [5.74, 6) is -1.10. The smallest absolute Gasteiger partial charge is 0.325 e. The molecule has 4 rings (SSSR count). The molecule has 0 aliphatic rings. The number of carbonyl (C=O) groups is 3. The zero-order chi connectivity index (χ0) is 31.7. The normalized spacial score (nSPS) is 11.6. The van der Waals surface area contributed by atoms with Crippen LogP contribution < -0.4 is 16.0 Å². The fourth-order valence-electron chi connectivity index (χ4n) is 4.04. The Hall–Kier alpha value is -4.83. The first-order valence-corrected chi connectivity index (χ1v) is 14.7. The van der Waals surface area contributed by atoms with Gasteiger partial charge in [0.15, 0.2) is 0 Å². The number of anilines is 2. The van der Waals surface area contributed by atoms with Crippen molar-refractivity contribution in [2.24, 2.45) is 0 Å². The van der Waals surface area contributed by atoms with Crippen molar-refractivity contribution in [2.75, 3.05) is 16.4 Å². The fraction of sp³-hybridized carbons (Fsp3) is 0.147. The van der Waals surface area contributed by atoms with Gasteiger partial charge < -0.3 is 16.0 Å². The van der Waals surface area contributed by atoms with Gasteiger partial charge in [-0.2, -0.15) is 13.2 Å². The van der Waals surface area contributed by atoms with Crippen molar-refractivity contribution in [3.8, 4) is 0 Å². The van der Waals surface area contributed by atoms with Crippen LogP contribution in [-0.4, -0.2) is 23.5 Å². The summed E-state index contributed by atoms with van der Waals surface area (Å²) in [6, 6.07) is 27.4. The molecule has 0 unspecified atom stereocenters. The number of nitrogens with one attached hydrogen (secondary N) is 3. The molecule has 0 fully saturated rings. The van der Waals surface area contributed by atoms with Gasteiger partial charge in [-0.3, -0.25) is 14.4 Å². The van der Waals surface area contributed by atoms with Gasteiger partial charge in [-0.05, 0) is 77.7 Å². The number of hydrogen-bond acceptors (Lipinski definition) is 4. The number of halogens is 3. The van der Waals surface area contributed by atoms with Gasteiger partial charge in [0.25, 0.3) is 11.8 Å². The van der Waals surface area contributed by atoms with Gasteiger partial charge in [0.2, 0.25) is 5.91 Å². The van der Waals surface area contributed by atoms with Crippen LogP contribution in [0.5, 0.6) is 0 Å². The molecule has 0 radical (unpaired) electrons. The Kier molecular flexibility index (Phi) is 10.6. The third-order valence-electron chi connectivity index (χ3n) is 6.40. The third kappa shape index (κ3) is 9.34. The van der Waals surface area contributed by atoms with Crippen LogP contribution in [0.4, 0.5) is 24.5 Å². The first-order valence-electron chi connectivity index (χ1n) is 13.7. The monoisotopic (exact) mass is 617 g/mol. The van der Waals surface area contributed by atoms with Crippen molar-refractivity contribution in [3.63, 3.8) is 0 Å². The molecule has 0 aliphatic heterocycles. The molecule has 0 atom stereocenters. The van der Waals surface area contributed by atoms with Crippen LogP contribution in [0, 0.1) is 0 Å². The van der Waals surface area contributed by atoms with Gasteiger partial charge in [-0.15, -0.1) is 11.8 Å². The van der Waals surface area contributed by atoms with Gasteiger partial charge in [0.1, 0.15) is 5.70 Å². The van der Waals surface area contributed by atoms with E-state index >= 15 is 0 Å². The average Bonchev–Trinajstić information content (AvgIpc) is 3.00. The Morgan fingerprint density at radius 1 is 0.795 bits per heavy atom. The summed E-state index contributed by atoms with van der Waals surface area (Å²) in [6.45, 7) is 4.17. The van der Waals surface area contributed by atoms with Gasteiger partial charge in [0.05, 0.1) is 11.3 Å². The standard InChI is InChI=1S/C34H30F3N3O3S/c1-22(2)24-13-11-23(12-14-24)19-30(40-32(42)25-7-4-3-5-8-25)33(43)39-27-15-17-29(18-16-27)44-21-31(41)38-28-10-6-9-26(20-28)34(35,36)37/h3-20,22H,21H2,1-2H3,(H,38,41)(H,39,43)(H,40,42)/b30-19-. The average molecular weight is 618 g/mol. The molecule has 44 heavy (non-hydrogen) atoms. The van der Waals surface area contributed by atoms with E-state index in [2.05, 4.69) is 29.8 Å². The number of hydrogen-bond donors (Lipinski definition) is 3. The number of alkyl halides is 3. The maximum Gasteiger partial charge on any atom is 0.416 e. The molecule has 4 aromatic rings. The number of rotatable bonds is 10. The second-order valence-electron chi connectivity index (χ2n) is 10.1. The number of carbonyl (C=O) groups excluding carboxylic acids is 3. The van der Waals surface area contributed by atoms with Crippen LogP contribution in [0.2, 0.25) is 0 Å². The van der Waals surface area contributed by atoms with Crippen LogP contribution in [0.3, 0.4) is 0 Å². The van der Waals surface area contributed by atoms with E-state index in [0.29, 0.717) is 22.1 Å². The minimum Gasteiger partial charge on any atom is -0.325 e. The fourth-order valence-corrected chi connectivity index (χ4v) is 4.74. The lowest BCUT2D eigenvalue weighted by atomic mass is 10.0. The van der Waals surface area contributed by atoms with Crippen molar-refractivity contribution >= 4 is 46.9 Å². The Labute approximate surface area is 257 Å². The molecule has 4 aromatic carbocycles. The lowest BCUT2D eigenvalue weighted by Crippen LogP contribution is -2.30. The van der Waals surface area contributed by atoms with Crippen molar-refractivity contribution in [1.82, 2.24) is 5.32 Å². The summed E-state index contributed by atoms with van der Waals surface area (Å²) in [4.78, 5) is 39.2. The van der Waals surface area contributed by atoms with E-state index in [4.69, 9.17) is 0 Å². The summed E-state index contributed by atoms with van der Waals surface area (Å²) < 4.78 is 38.8. The number of benzene rings is 4. The highest BCUT2D eigenvalue weighted by Crippen LogP contribution is 2.31. The first-order chi connectivity index (χ1) is 21.0. The van der Waals surface area contributed by atoms with Crippen LogP contribution >= 0.6 is 11.8 Å². The molecule has 0 spiro atoms. The first kappa shape index (κ1) is 32.1. The van der Waals surface area contributed by atoms with Crippen LogP contribution in [-0.2, 0) is 15.8 Å². The Morgan fingerprint density at radius 3 is 2.11 bits per heavy atom. The topological polar surface area (TPSA) is 87.3 Å². The Bertz CT molecular complexity index is 1640. The van der Waals surface area contributed by atoms with Crippen molar-refractivity contribution < 1.29 is 27.6 Å². The molecule has 3 N–H and O–H groups in total. The highest BCUT2D eigenvalue weighted by molar-refractivity contribution is 8.00. The molecule has 3 amide bonds. The van der Waals surface area contributed by atoms with E-state index in [-0.39, 0.29) is 17.1 Å². The van der Waals surface area contributed by atoms with Gasteiger partial charge >= 0.3 is 6.18 Å². The summed E-state index contributed by atoms with van der Waals surface area (Å²) in [5, 5.41) is 7.98.